The van der Waals surface area contributed by atoms with E-state index in [1.54, 1.807) is 24.9 Å². The Labute approximate surface area is 185 Å². The first-order chi connectivity index (χ1) is 15.4. The van der Waals surface area contributed by atoms with Crippen molar-refractivity contribution in [2.75, 3.05) is 20.2 Å². The highest BCUT2D eigenvalue weighted by Crippen LogP contribution is 2.49. The van der Waals surface area contributed by atoms with Gasteiger partial charge in [0.1, 0.15) is 5.69 Å². The van der Waals surface area contributed by atoms with Crippen molar-refractivity contribution in [3.63, 3.8) is 0 Å². The molecule has 11 heteroatoms. The van der Waals surface area contributed by atoms with Gasteiger partial charge in [0, 0.05) is 18.0 Å². The van der Waals surface area contributed by atoms with Crippen molar-refractivity contribution in [2.24, 2.45) is 5.92 Å². The lowest BCUT2D eigenvalue weighted by molar-refractivity contribution is -0.218. The second-order valence-electron chi connectivity index (χ2n) is 8.51. The van der Waals surface area contributed by atoms with Crippen molar-refractivity contribution in [3.05, 3.63) is 41.1 Å². The van der Waals surface area contributed by atoms with E-state index < -0.39 is 46.3 Å². The molecule has 0 fully saturated rings. The maximum atomic E-state index is 13.9. The first-order valence-electron chi connectivity index (χ1n) is 10.5. The molecule has 3 atom stereocenters. The van der Waals surface area contributed by atoms with Gasteiger partial charge in [-0.15, -0.1) is 13.2 Å². The smallest absolute Gasteiger partial charge is 0.394 e. The van der Waals surface area contributed by atoms with Crippen molar-refractivity contribution >= 4 is 22.4 Å². The molecule has 2 aliphatic rings. The third-order valence-electron chi connectivity index (χ3n) is 6.48. The molecular formula is C22H23F6N3O2. The number of aromatic nitrogens is 1. The molecule has 2 heterocycles. The Morgan fingerprint density at radius 2 is 1.94 bits per heavy atom. The number of benzene rings is 1. The fraction of sp³-hybridized carbons (Fsp3) is 0.500. The molecule has 1 aliphatic heterocycles. The summed E-state index contributed by atoms with van der Waals surface area (Å²) in [5, 5.41) is 12.0. The van der Waals surface area contributed by atoms with Gasteiger partial charge in [0.05, 0.1) is 24.1 Å². The minimum Gasteiger partial charge on any atom is -0.394 e. The number of aliphatic hydroxyl groups is 1. The number of alkyl halides is 6. The summed E-state index contributed by atoms with van der Waals surface area (Å²) in [7, 11) is 1.64. The number of nitrogens with zero attached hydrogens (tertiary/aromatic N) is 2. The average Bonchev–Trinajstić information content (AvgIpc) is 3.09. The Hall–Kier alpha value is -2.53. The van der Waals surface area contributed by atoms with Crippen LogP contribution < -0.4 is 5.32 Å². The lowest BCUT2D eigenvalue weighted by atomic mass is 9.79. The molecule has 0 spiro atoms. The number of halogens is 6. The minimum absolute atomic E-state index is 0.0825. The largest absolute Gasteiger partial charge is 0.489 e. The third kappa shape index (κ3) is 3.90. The van der Waals surface area contributed by atoms with Crippen molar-refractivity contribution in [3.8, 4) is 0 Å². The van der Waals surface area contributed by atoms with Crippen LogP contribution >= 0.6 is 0 Å². The average molecular weight is 475 g/mol. The summed E-state index contributed by atoms with van der Waals surface area (Å²) in [5.41, 5.74) is -1.83. The van der Waals surface area contributed by atoms with Gasteiger partial charge in [0.2, 0.25) is 5.91 Å². The Morgan fingerprint density at radius 1 is 1.24 bits per heavy atom. The van der Waals surface area contributed by atoms with Gasteiger partial charge < -0.3 is 10.4 Å². The van der Waals surface area contributed by atoms with Gasteiger partial charge in [-0.2, -0.15) is 13.2 Å². The van der Waals surface area contributed by atoms with Crippen LogP contribution in [0.25, 0.3) is 16.5 Å². The predicted molar refractivity (Wildman–Crippen MR) is 109 cm³/mol. The monoisotopic (exact) mass is 475 g/mol. The Balaban J connectivity index is 1.90. The fourth-order valence-electron chi connectivity index (χ4n) is 4.95. The fourth-order valence-corrected chi connectivity index (χ4v) is 4.95. The van der Waals surface area contributed by atoms with Gasteiger partial charge in [-0.1, -0.05) is 25.1 Å². The van der Waals surface area contributed by atoms with E-state index in [0.29, 0.717) is 12.0 Å². The van der Waals surface area contributed by atoms with Gasteiger partial charge in [0.25, 0.3) is 0 Å². The van der Waals surface area contributed by atoms with Crippen LogP contribution in [0.5, 0.6) is 0 Å². The lowest BCUT2D eigenvalue weighted by Gasteiger charge is -2.40. The summed E-state index contributed by atoms with van der Waals surface area (Å²) in [6.45, 7) is 1.75. The maximum Gasteiger partial charge on any atom is 0.489 e. The predicted octanol–water partition coefficient (Wildman–Crippen LogP) is 3.89. The summed E-state index contributed by atoms with van der Waals surface area (Å²) in [5.74, 6) is -1.01. The number of hydrogen-bond acceptors (Lipinski definition) is 3. The van der Waals surface area contributed by atoms with Crippen molar-refractivity contribution in [1.82, 2.24) is 14.8 Å². The Kier molecular flexibility index (Phi) is 5.76. The van der Waals surface area contributed by atoms with Crippen LogP contribution in [0.3, 0.4) is 0 Å². The second-order valence-corrected chi connectivity index (χ2v) is 8.51. The van der Waals surface area contributed by atoms with Crippen molar-refractivity contribution in [2.45, 2.75) is 44.3 Å². The number of rotatable bonds is 4. The molecule has 2 aromatic rings. The van der Waals surface area contributed by atoms with E-state index in [9.17, 15) is 36.2 Å². The van der Waals surface area contributed by atoms with Crippen LogP contribution in [0.1, 0.15) is 30.2 Å². The van der Waals surface area contributed by atoms with E-state index in [1.807, 2.05) is 0 Å². The van der Waals surface area contributed by atoms with Gasteiger partial charge in [-0.05, 0) is 42.7 Å². The van der Waals surface area contributed by atoms with Crippen LogP contribution in [0.4, 0.5) is 26.3 Å². The van der Waals surface area contributed by atoms with Crippen LogP contribution in [-0.4, -0.2) is 52.8 Å². The highest BCUT2D eigenvalue weighted by atomic mass is 19.4. The van der Waals surface area contributed by atoms with Crippen LogP contribution in [0, 0.1) is 5.92 Å². The first kappa shape index (κ1) is 23.6. The second kappa shape index (κ2) is 8.05. The van der Waals surface area contributed by atoms with Crippen LogP contribution in [0.15, 0.2) is 24.3 Å². The molecule has 4 rings (SSSR count). The molecule has 1 aromatic heterocycles. The van der Waals surface area contributed by atoms with Crippen LogP contribution in [-0.2, 0) is 23.7 Å². The zero-order chi connectivity index (χ0) is 24.3. The molecule has 0 saturated carbocycles. The molecule has 0 bridgehead atoms. The third-order valence-corrected chi connectivity index (χ3v) is 6.48. The lowest BCUT2D eigenvalue weighted by Crippen LogP contribution is -2.48. The van der Waals surface area contributed by atoms with Crippen LogP contribution in [0.2, 0.25) is 0 Å². The molecule has 1 amide bonds. The van der Waals surface area contributed by atoms with Gasteiger partial charge in [0.15, 0.2) is 0 Å². The number of carbonyl (C=O) groups excluding carboxylic acids is 1. The molecular weight excluding hydrogens is 452 g/mol. The topological polar surface area (TPSA) is 57.5 Å². The van der Waals surface area contributed by atoms with E-state index in [-0.39, 0.29) is 42.0 Å². The summed E-state index contributed by atoms with van der Waals surface area (Å²) in [6, 6.07) is 2.81. The molecule has 1 aromatic carbocycles. The summed E-state index contributed by atoms with van der Waals surface area (Å²) >= 11 is 0. The maximum absolute atomic E-state index is 13.9. The zero-order valence-corrected chi connectivity index (χ0v) is 17.9. The standard InChI is InChI=1S/C22H23F6N3O2/c1-3-12(10-32)29-20(33)11-7-14-13-5-4-6-16-18(13)15(8-17(14)30(2)9-11)19(21(23,24)25)31(16)22(26,27)28/h4-7,11-12,17,32H,3,8-10H2,1-2H3,(H,29,33). The molecule has 5 nitrogen and oxygen atoms in total. The van der Waals surface area contributed by atoms with E-state index in [4.69, 9.17) is 0 Å². The molecule has 33 heavy (non-hydrogen) atoms. The number of nitrogens with one attached hydrogen (secondary N) is 1. The Bertz CT molecular complexity index is 1110. The van der Waals surface area contributed by atoms with E-state index >= 15 is 0 Å². The summed E-state index contributed by atoms with van der Waals surface area (Å²) in [6.07, 6.45) is -8.55. The van der Waals surface area contributed by atoms with Gasteiger partial charge >= 0.3 is 12.5 Å². The number of likely N-dealkylation sites (N-methyl/N-ethyl adjacent to an activating group) is 1. The molecule has 180 valence electrons. The molecule has 0 saturated heterocycles. The summed E-state index contributed by atoms with van der Waals surface area (Å²) in [4.78, 5) is 14.5. The quantitative estimate of drug-likeness (QED) is 0.660. The first-order valence-corrected chi connectivity index (χ1v) is 10.5. The minimum atomic E-state index is -5.25. The highest BCUT2D eigenvalue weighted by Gasteiger charge is 2.49. The number of carbonyl (C=O) groups is 1. The number of hydrogen-bond donors (Lipinski definition) is 2. The highest BCUT2D eigenvalue weighted by molar-refractivity contribution is 6.00. The summed E-state index contributed by atoms with van der Waals surface area (Å²) < 4.78 is 82.4. The molecule has 1 aliphatic carbocycles. The van der Waals surface area contributed by atoms with Gasteiger partial charge in [-0.25, -0.2) is 4.57 Å². The van der Waals surface area contributed by atoms with E-state index in [0.717, 1.165) is 6.07 Å². The molecule has 0 radical (unpaired) electrons. The van der Waals surface area contributed by atoms with E-state index in [1.165, 1.54) is 12.1 Å². The molecule has 3 unspecified atom stereocenters. The van der Waals surface area contributed by atoms with Crippen molar-refractivity contribution < 1.29 is 36.2 Å². The molecule has 2 N–H and O–H groups in total. The number of aliphatic hydroxyl groups excluding tert-OH is 1. The SMILES string of the molecule is CCC(CO)NC(=O)C1C=C2c3cccc4c3c(c(C(F)(F)F)n4C(F)(F)F)CC2N(C)C1. The van der Waals surface area contributed by atoms with Crippen molar-refractivity contribution in [1.29, 1.82) is 0 Å². The number of amides is 1. The Morgan fingerprint density at radius 3 is 2.52 bits per heavy atom. The van der Waals surface area contributed by atoms with E-state index in [2.05, 4.69) is 5.32 Å². The zero-order valence-electron chi connectivity index (χ0n) is 17.9. The normalized spacial score (nSPS) is 22.2. The van der Waals surface area contributed by atoms with Gasteiger partial charge in [-0.3, -0.25) is 9.69 Å². The number of fused-ring (bicyclic) bond motifs is 2.